The molecule has 6 nitrogen and oxygen atoms in total. The van der Waals surface area contributed by atoms with E-state index in [0.29, 0.717) is 19.0 Å². The Morgan fingerprint density at radius 1 is 1.21 bits per heavy atom. The molecule has 1 aromatic rings. The first-order chi connectivity index (χ1) is 8.76. The third kappa shape index (κ3) is 6.59. The van der Waals surface area contributed by atoms with Crippen molar-refractivity contribution in [2.24, 2.45) is 0 Å². The highest BCUT2D eigenvalue weighted by atomic mass is 16.6. The lowest BCUT2D eigenvalue weighted by molar-refractivity contribution is 0.0530. The average Bonchev–Trinajstić information content (AvgIpc) is 2.20. The fourth-order valence-corrected chi connectivity index (χ4v) is 1.46. The van der Waals surface area contributed by atoms with Crippen LogP contribution in [0.4, 0.5) is 10.7 Å². The van der Waals surface area contributed by atoms with E-state index in [2.05, 4.69) is 20.6 Å². The molecule has 19 heavy (non-hydrogen) atoms. The summed E-state index contributed by atoms with van der Waals surface area (Å²) in [4.78, 5) is 19.9. The van der Waals surface area contributed by atoms with Crippen molar-refractivity contribution in [3.63, 3.8) is 0 Å². The first-order valence-electron chi connectivity index (χ1n) is 6.29. The summed E-state index contributed by atoms with van der Waals surface area (Å²) >= 11 is 0. The standard InChI is InChI=1S/C13H22N4O2/c1-9-8-10(2)17-11(16-9)14-6-7-15-12(18)19-13(3,4)5/h8H,6-7H2,1-5H3,(H,15,18)(H,14,16,17). The molecule has 0 spiro atoms. The minimum absolute atomic E-state index is 0.421. The summed E-state index contributed by atoms with van der Waals surface area (Å²) in [6.45, 7) is 10.3. The van der Waals surface area contributed by atoms with Crippen molar-refractivity contribution in [2.75, 3.05) is 18.4 Å². The maximum absolute atomic E-state index is 11.4. The normalized spacial score (nSPS) is 11.0. The number of aryl methyl sites for hydroxylation is 2. The Bertz CT molecular complexity index is 421. The maximum atomic E-state index is 11.4. The van der Waals surface area contributed by atoms with E-state index >= 15 is 0 Å². The van der Waals surface area contributed by atoms with Crippen LogP contribution in [0.1, 0.15) is 32.2 Å². The van der Waals surface area contributed by atoms with Crippen LogP contribution in [0, 0.1) is 13.8 Å². The van der Waals surface area contributed by atoms with E-state index in [4.69, 9.17) is 4.74 Å². The van der Waals surface area contributed by atoms with Gasteiger partial charge in [0.05, 0.1) is 0 Å². The summed E-state index contributed by atoms with van der Waals surface area (Å²) in [6.07, 6.45) is -0.421. The third-order valence-corrected chi connectivity index (χ3v) is 2.06. The minimum atomic E-state index is -0.478. The van der Waals surface area contributed by atoms with Gasteiger partial charge in [-0.05, 0) is 40.7 Å². The Balaban J connectivity index is 2.29. The molecule has 0 unspecified atom stereocenters. The molecule has 2 N–H and O–H groups in total. The molecule has 106 valence electrons. The van der Waals surface area contributed by atoms with Crippen LogP contribution in [0.5, 0.6) is 0 Å². The van der Waals surface area contributed by atoms with Gasteiger partial charge in [0, 0.05) is 24.5 Å². The predicted molar refractivity (Wildman–Crippen MR) is 74.2 cm³/mol. The second kappa shape index (κ2) is 6.36. The van der Waals surface area contributed by atoms with Crippen LogP contribution in [0.3, 0.4) is 0 Å². The lowest BCUT2D eigenvalue weighted by Gasteiger charge is -2.19. The highest BCUT2D eigenvalue weighted by molar-refractivity contribution is 5.67. The van der Waals surface area contributed by atoms with Crippen LogP contribution in [0.2, 0.25) is 0 Å². The third-order valence-electron chi connectivity index (χ3n) is 2.06. The first kappa shape index (κ1) is 15.2. The molecule has 1 heterocycles. The van der Waals surface area contributed by atoms with Gasteiger partial charge in [-0.25, -0.2) is 14.8 Å². The van der Waals surface area contributed by atoms with Crippen LogP contribution >= 0.6 is 0 Å². The van der Waals surface area contributed by atoms with Gasteiger partial charge in [0.25, 0.3) is 0 Å². The molecule has 1 rings (SSSR count). The number of alkyl carbamates (subject to hydrolysis) is 1. The molecule has 0 saturated heterocycles. The molecule has 1 aromatic heterocycles. The van der Waals surface area contributed by atoms with Crippen LogP contribution < -0.4 is 10.6 Å². The Kier molecular flexibility index (Phi) is 5.09. The molecule has 6 heteroatoms. The van der Waals surface area contributed by atoms with E-state index in [1.807, 2.05) is 40.7 Å². The maximum Gasteiger partial charge on any atom is 0.407 e. The number of nitrogens with one attached hydrogen (secondary N) is 2. The van der Waals surface area contributed by atoms with Crippen molar-refractivity contribution in [1.82, 2.24) is 15.3 Å². The zero-order valence-electron chi connectivity index (χ0n) is 12.2. The van der Waals surface area contributed by atoms with Gasteiger partial charge >= 0.3 is 6.09 Å². The number of hydrogen-bond acceptors (Lipinski definition) is 5. The van der Waals surface area contributed by atoms with Gasteiger partial charge in [0.15, 0.2) is 0 Å². The fraction of sp³-hybridized carbons (Fsp3) is 0.615. The lowest BCUT2D eigenvalue weighted by Crippen LogP contribution is -2.35. The number of rotatable bonds is 4. The zero-order chi connectivity index (χ0) is 14.5. The number of carbonyl (C=O) groups is 1. The van der Waals surface area contributed by atoms with Crippen molar-refractivity contribution in [2.45, 2.75) is 40.2 Å². The van der Waals surface area contributed by atoms with Crippen molar-refractivity contribution in [1.29, 1.82) is 0 Å². The average molecular weight is 266 g/mol. The number of aromatic nitrogens is 2. The van der Waals surface area contributed by atoms with Crippen LogP contribution in [-0.2, 0) is 4.74 Å². The molecule has 1 amide bonds. The van der Waals surface area contributed by atoms with Gasteiger partial charge in [-0.15, -0.1) is 0 Å². The van der Waals surface area contributed by atoms with E-state index in [9.17, 15) is 4.79 Å². The van der Waals surface area contributed by atoms with Gasteiger partial charge in [0.2, 0.25) is 5.95 Å². The summed E-state index contributed by atoms with van der Waals surface area (Å²) < 4.78 is 5.12. The summed E-state index contributed by atoms with van der Waals surface area (Å²) in [7, 11) is 0. The van der Waals surface area contributed by atoms with Gasteiger partial charge in [-0.1, -0.05) is 0 Å². The van der Waals surface area contributed by atoms with E-state index in [1.54, 1.807) is 0 Å². The molecule has 0 saturated carbocycles. The van der Waals surface area contributed by atoms with E-state index < -0.39 is 11.7 Å². The van der Waals surface area contributed by atoms with Gasteiger partial charge in [-0.2, -0.15) is 0 Å². The largest absolute Gasteiger partial charge is 0.444 e. The molecule has 0 bridgehead atoms. The van der Waals surface area contributed by atoms with E-state index in [1.165, 1.54) is 0 Å². The smallest absolute Gasteiger partial charge is 0.407 e. The molecule has 0 radical (unpaired) electrons. The topological polar surface area (TPSA) is 76.1 Å². The van der Waals surface area contributed by atoms with Crippen LogP contribution in [-0.4, -0.2) is 34.8 Å². The monoisotopic (exact) mass is 266 g/mol. The molecular formula is C13H22N4O2. The van der Waals surface area contributed by atoms with Crippen molar-refractivity contribution < 1.29 is 9.53 Å². The van der Waals surface area contributed by atoms with E-state index in [0.717, 1.165) is 11.4 Å². The number of hydrogen-bond donors (Lipinski definition) is 2. The predicted octanol–water partition coefficient (Wildman–Crippen LogP) is 2.03. The Hall–Kier alpha value is -1.85. The molecule has 0 aromatic carbocycles. The Morgan fingerprint density at radius 2 is 1.79 bits per heavy atom. The van der Waals surface area contributed by atoms with E-state index in [-0.39, 0.29) is 0 Å². The van der Waals surface area contributed by atoms with Gasteiger partial charge in [0.1, 0.15) is 5.60 Å². The highest BCUT2D eigenvalue weighted by Gasteiger charge is 2.15. The molecule has 0 aliphatic rings. The Morgan fingerprint density at radius 3 is 2.32 bits per heavy atom. The van der Waals surface area contributed by atoms with Crippen molar-refractivity contribution in [3.8, 4) is 0 Å². The highest BCUT2D eigenvalue weighted by Crippen LogP contribution is 2.06. The summed E-state index contributed by atoms with van der Waals surface area (Å²) in [6, 6.07) is 1.91. The number of ether oxygens (including phenoxy) is 1. The van der Waals surface area contributed by atoms with Crippen LogP contribution in [0.15, 0.2) is 6.07 Å². The lowest BCUT2D eigenvalue weighted by atomic mass is 10.2. The minimum Gasteiger partial charge on any atom is -0.444 e. The number of amides is 1. The second-order valence-electron chi connectivity index (χ2n) is 5.33. The Labute approximate surface area is 114 Å². The van der Waals surface area contributed by atoms with Crippen molar-refractivity contribution in [3.05, 3.63) is 17.5 Å². The molecule has 0 aliphatic carbocycles. The fourth-order valence-electron chi connectivity index (χ4n) is 1.46. The van der Waals surface area contributed by atoms with Gasteiger partial charge in [-0.3, -0.25) is 0 Å². The number of carbonyl (C=O) groups excluding carboxylic acids is 1. The molecular weight excluding hydrogens is 244 g/mol. The summed E-state index contributed by atoms with van der Waals surface area (Å²) in [5.41, 5.74) is 1.35. The zero-order valence-corrected chi connectivity index (χ0v) is 12.2. The number of anilines is 1. The SMILES string of the molecule is Cc1cc(C)nc(NCCNC(=O)OC(C)(C)C)n1. The molecule has 0 atom stereocenters. The second-order valence-corrected chi connectivity index (χ2v) is 5.33. The first-order valence-corrected chi connectivity index (χ1v) is 6.29. The molecule has 0 fully saturated rings. The quantitative estimate of drug-likeness (QED) is 0.815. The van der Waals surface area contributed by atoms with Crippen molar-refractivity contribution >= 4 is 12.0 Å². The summed E-state index contributed by atoms with van der Waals surface area (Å²) in [5, 5.41) is 5.71. The van der Waals surface area contributed by atoms with Gasteiger partial charge < -0.3 is 15.4 Å². The van der Waals surface area contributed by atoms with Crippen LogP contribution in [0.25, 0.3) is 0 Å². The molecule has 0 aliphatic heterocycles. The summed E-state index contributed by atoms with van der Waals surface area (Å²) in [5.74, 6) is 0.573. The number of nitrogens with zero attached hydrogens (tertiary/aromatic N) is 2.